The average Bonchev–Trinajstić information content (AvgIpc) is 2.24. The van der Waals surface area contributed by atoms with Gasteiger partial charge in [-0.2, -0.15) is 0 Å². The Hall–Kier alpha value is -1.16. The number of nitrogens with one attached hydrogen (secondary N) is 1. The predicted octanol–water partition coefficient (Wildman–Crippen LogP) is 1.96. The fraction of sp³-hybridized carbons (Fsp3) is 0.692. The maximum atomic E-state index is 4.43. The summed E-state index contributed by atoms with van der Waals surface area (Å²) in [7, 11) is 2.09. The lowest BCUT2D eigenvalue weighted by Crippen LogP contribution is -2.38. The fourth-order valence-electron chi connectivity index (χ4n) is 1.88. The molecule has 1 fully saturated rings. The van der Waals surface area contributed by atoms with E-state index in [9.17, 15) is 0 Å². The van der Waals surface area contributed by atoms with Crippen LogP contribution in [0.5, 0.6) is 0 Å². The van der Waals surface area contributed by atoms with Crippen molar-refractivity contribution in [2.75, 3.05) is 11.9 Å². The van der Waals surface area contributed by atoms with Crippen LogP contribution in [0.4, 0.5) is 5.95 Å². The van der Waals surface area contributed by atoms with Crippen LogP contribution in [0.1, 0.15) is 38.7 Å². The van der Waals surface area contributed by atoms with Gasteiger partial charge in [0.05, 0.1) is 0 Å². The maximum Gasteiger partial charge on any atom is 0.225 e. The number of rotatable bonds is 5. The van der Waals surface area contributed by atoms with Gasteiger partial charge in [0, 0.05) is 43.6 Å². The van der Waals surface area contributed by atoms with Crippen LogP contribution in [0.2, 0.25) is 0 Å². The lowest BCUT2D eigenvalue weighted by molar-refractivity contribution is 0.397. The highest BCUT2D eigenvalue weighted by Crippen LogP contribution is 2.25. The van der Waals surface area contributed by atoms with E-state index in [-0.39, 0.29) is 0 Å². The zero-order valence-electron chi connectivity index (χ0n) is 11.0. The van der Waals surface area contributed by atoms with Gasteiger partial charge in [-0.1, -0.05) is 13.8 Å². The number of anilines is 1. The molecule has 0 unspecified atom stereocenters. The second-order valence-electron chi connectivity index (χ2n) is 5.12. The van der Waals surface area contributed by atoms with Gasteiger partial charge in [-0.3, -0.25) is 0 Å². The molecule has 1 aliphatic carbocycles. The Bertz CT molecular complexity index is 343. The Morgan fingerprint density at radius 3 is 2.47 bits per heavy atom. The first-order chi connectivity index (χ1) is 8.16. The van der Waals surface area contributed by atoms with Crippen LogP contribution in [0, 0.1) is 0 Å². The van der Waals surface area contributed by atoms with E-state index in [2.05, 4.69) is 41.1 Å². The number of hydrogen-bond acceptors (Lipinski definition) is 4. The number of nitrogens with zero attached hydrogens (tertiary/aromatic N) is 3. The third-order valence-corrected chi connectivity index (χ3v) is 3.34. The minimum absolute atomic E-state index is 0.493. The monoisotopic (exact) mass is 234 g/mol. The second-order valence-corrected chi connectivity index (χ2v) is 5.12. The highest BCUT2D eigenvalue weighted by atomic mass is 15.3. The minimum Gasteiger partial charge on any atom is -0.341 e. The molecule has 2 rings (SSSR count). The molecule has 0 amide bonds. The predicted molar refractivity (Wildman–Crippen MR) is 70.0 cm³/mol. The molecule has 1 aliphatic rings. The van der Waals surface area contributed by atoms with E-state index < -0.39 is 0 Å². The van der Waals surface area contributed by atoms with Crippen molar-refractivity contribution in [2.45, 2.75) is 51.7 Å². The third-order valence-electron chi connectivity index (χ3n) is 3.34. The van der Waals surface area contributed by atoms with E-state index in [0.717, 1.165) is 18.1 Å². The molecule has 1 N–H and O–H groups in total. The molecule has 17 heavy (non-hydrogen) atoms. The molecule has 1 aromatic rings. The number of aromatic nitrogens is 2. The van der Waals surface area contributed by atoms with Gasteiger partial charge in [-0.25, -0.2) is 9.97 Å². The van der Waals surface area contributed by atoms with Crippen molar-refractivity contribution in [1.82, 2.24) is 15.3 Å². The Morgan fingerprint density at radius 2 is 2.00 bits per heavy atom. The van der Waals surface area contributed by atoms with Gasteiger partial charge >= 0.3 is 0 Å². The Labute approximate surface area is 103 Å². The van der Waals surface area contributed by atoms with E-state index in [4.69, 9.17) is 0 Å². The Morgan fingerprint density at radius 1 is 1.35 bits per heavy atom. The van der Waals surface area contributed by atoms with Crippen molar-refractivity contribution < 1.29 is 0 Å². The molecule has 1 aromatic heterocycles. The maximum absolute atomic E-state index is 4.43. The summed E-state index contributed by atoms with van der Waals surface area (Å²) in [5, 5.41) is 3.36. The summed E-state index contributed by atoms with van der Waals surface area (Å²) >= 11 is 0. The standard InChI is InChI=1S/C13H22N4/c1-10(2)14-7-11-8-15-13(16-9-11)17(3)12-5-4-6-12/h8-10,12,14H,4-7H2,1-3H3. The molecule has 0 bridgehead atoms. The van der Waals surface area contributed by atoms with E-state index >= 15 is 0 Å². The van der Waals surface area contributed by atoms with Crippen LogP contribution in [-0.2, 0) is 6.54 Å². The molecule has 1 saturated carbocycles. The van der Waals surface area contributed by atoms with Crippen molar-refractivity contribution in [2.24, 2.45) is 0 Å². The summed E-state index contributed by atoms with van der Waals surface area (Å²) in [5.41, 5.74) is 1.14. The van der Waals surface area contributed by atoms with Crippen LogP contribution in [0.15, 0.2) is 12.4 Å². The summed E-state index contributed by atoms with van der Waals surface area (Å²) in [6.45, 7) is 5.12. The first-order valence-electron chi connectivity index (χ1n) is 6.44. The van der Waals surface area contributed by atoms with Crippen molar-refractivity contribution in [3.8, 4) is 0 Å². The van der Waals surface area contributed by atoms with Crippen LogP contribution >= 0.6 is 0 Å². The summed E-state index contributed by atoms with van der Waals surface area (Å²) in [4.78, 5) is 11.1. The van der Waals surface area contributed by atoms with Crippen LogP contribution < -0.4 is 10.2 Å². The molecular formula is C13H22N4. The van der Waals surface area contributed by atoms with Gasteiger partial charge in [0.1, 0.15) is 0 Å². The molecule has 0 aliphatic heterocycles. The molecule has 0 aromatic carbocycles. The molecule has 0 atom stereocenters. The van der Waals surface area contributed by atoms with Gasteiger partial charge < -0.3 is 10.2 Å². The highest BCUT2D eigenvalue weighted by molar-refractivity contribution is 5.31. The van der Waals surface area contributed by atoms with Gasteiger partial charge in [0.15, 0.2) is 0 Å². The molecule has 0 saturated heterocycles. The summed E-state index contributed by atoms with van der Waals surface area (Å²) in [6, 6.07) is 1.14. The van der Waals surface area contributed by atoms with Crippen LogP contribution in [0.3, 0.4) is 0 Å². The topological polar surface area (TPSA) is 41.1 Å². The lowest BCUT2D eigenvalue weighted by atomic mass is 9.92. The smallest absolute Gasteiger partial charge is 0.225 e. The summed E-state index contributed by atoms with van der Waals surface area (Å²) in [5.74, 6) is 0.850. The fourth-order valence-corrected chi connectivity index (χ4v) is 1.88. The quantitative estimate of drug-likeness (QED) is 0.845. The zero-order chi connectivity index (χ0) is 12.3. The largest absolute Gasteiger partial charge is 0.341 e. The van der Waals surface area contributed by atoms with Crippen molar-refractivity contribution in [1.29, 1.82) is 0 Å². The molecule has 0 spiro atoms. The number of hydrogen-bond donors (Lipinski definition) is 1. The van der Waals surface area contributed by atoms with Crippen LogP contribution in [-0.4, -0.2) is 29.1 Å². The van der Waals surface area contributed by atoms with Crippen LogP contribution in [0.25, 0.3) is 0 Å². The third kappa shape index (κ3) is 3.16. The van der Waals surface area contributed by atoms with E-state index in [0.29, 0.717) is 12.1 Å². The van der Waals surface area contributed by atoms with Gasteiger partial charge in [-0.05, 0) is 19.3 Å². The Balaban J connectivity index is 1.92. The zero-order valence-corrected chi connectivity index (χ0v) is 11.0. The van der Waals surface area contributed by atoms with Gasteiger partial charge in [0.2, 0.25) is 5.95 Å². The second kappa shape index (κ2) is 5.45. The normalized spacial score (nSPS) is 16.0. The van der Waals surface area contributed by atoms with Crippen molar-refractivity contribution >= 4 is 5.95 Å². The highest BCUT2D eigenvalue weighted by Gasteiger charge is 2.23. The van der Waals surface area contributed by atoms with Gasteiger partial charge in [-0.15, -0.1) is 0 Å². The van der Waals surface area contributed by atoms with Crippen molar-refractivity contribution in [3.05, 3.63) is 18.0 Å². The first-order valence-corrected chi connectivity index (χ1v) is 6.44. The van der Waals surface area contributed by atoms with Crippen molar-refractivity contribution in [3.63, 3.8) is 0 Å². The molecule has 0 radical (unpaired) electrons. The molecular weight excluding hydrogens is 212 g/mol. The lowest BCUT2D eigenvalue weighted by Gasteiger charge is -2.34. The van der Waals surface area contributed by atoms with E-state index in [1.54, 1.807) is 0 Å². The first kappa shape index (κ1) is 12.3. The molecule has 4 heteroatoms. The molecule has 4 nitrogen and oxygen atoms in total. The van der Waals surface area contributed by atoms with E-state index in [1.165, 1.54) is 19.3 Å². The Kier molecular flexibility index (Phi) is 3.94. The van der Waals surface area contributed by atoms with Gasteiger partial charge in [0.25, 0.3) is 0 Å². The van der Waals surface area contributed by atoms with E-state index in [1.807, 2.05) is 12.4 Å². The summed E-state index contributed by atoms with van der Waals surface area (Å²) in [6.07, 6.45) is 7.73. The minimum atomic E-state index is 0.493. The SMILES string of the molecule is CC(C)NCc1cnc(N(C)C2CCC2)nc1. The average molecular weight is 234 g/mol. The molecule has 1 heterocycles. The summed E-state index contributed by atoms with van der Waals surface area (Å²) < 4.78 is 0. The molecule has 94 valence electrons.